The molecular formula is C17H18BrF2N. The van der Waals surface area contributed by atoms with Crippen molar-refractivity contribution in [2.75, 3.05) is 6.54 Å². The number of nitrogens with one attached hydrogen (secondary N) is 1. The van der Waals surface area contributed by atoms with Gasteiger partial charge in [-0.1, -0.05) is 47.1 Å². The van der Waals surface area contributed by atoms with Gasteiger partial charge in [0.25, 0.3) is 0 Å². The fraction of sp³-hybridized carbons (Fsp3) is 0.294. The molecule has 112 valence electrons. The smallest absolute Gasteiger partial charge is 0.127 e. The number of likely N-dealkylation sites (N-methyl/N-ethyl adjacent to an activating group) is 1. The molecule has 2 aromatic rings. The van der Waals surface area contributed by atoms with E-state index in [9.17, 15) is 8.78 Å². The Labute approximate surface area is 132 Å². The summed E-state index contributed by atoms with van der Waals surface area (Å²) in [5, 5.41) is 3.30. The van der Waals surface area contributed by atoms with Crippen molar-refractivity contribution in [1.82, 2.24) is 5.32 Å². The first-order valence-corrected chi connectivity index (χ1v) is 7.80. The van der Waals surface area contributed by atoms with Crippen molar-refractivity contribution in [2.24, 2.45) is 0 Å². The normalized spacial score (nSPS) is 12.4. The van der Waals surface area contributed by atoms with Crippen molar-refractivity contribution in [3.63, 3.8) is 0 Å². The van der Waals surface area contributed by atoms with Crippen LogP contribution in [0.4, 0.5) is 8.78 Å². The van der Waals surface area contributed by atoms with E-state index in [4.69, 9.17) is 0 Å². The Hall–Kier alpha value is -1.26. The number of halogens is 3. The van der Waals surface area contributed by atoms with Gasteiger partial charge in [-0.25, -0.2) is 8.78 Å². The van der Waals surface area contributed by atoms with E-state index < -0.39 is 0 Å². The Morgan fingerprint density at radius 2 is 1.67 bits per heavy atom. The predicted octanol–water partition coefficient (Wildman–Crippen LogP) is 4.49. The molecule has 0 aliphatic rings. The molecule has 0 radical (unpaired) electrons. The summed E-state index contributed by atoms with van der Waals surface area (Å²) in [6.07, 6.45) is 1.07. The highest BCUT2D eigenvalue weighted by Crippen LogP contribution is 2.18. The largest absolute Gasteiger partial charge is 0.314 e. The molecule has 0 aliphatic heterocycles. The molecule has 4 heteroatoms. The van der Waals surface area contributed by atoms with Crippen molar-refractivity contribution in [2.45, 2.75) is 25.8 Å². The van der Waals surface area contributed by atoms with Crippen LogP contribution >= 0.6 is 15.9 Å². The maximum Gasteiger partial charge on any atom is 0.127 e. The van der Waals surface area contributed by atoms with Crippen molar-refractivity contribution >= 4 is 15.9 Å². The van der Waals surface area contributed by atoms with Crippen LogP contribution in [0.5, 0.6) is 0 Å². The molecule has 2 aromatic carbocycles. The maximum atomic E-state index is 13.9. The second-order valence-electron chi connectivity index (χ2n) is 4.99. The lowest BCUT2D eigenvalue weighted by atomic mass is 9.98. The first-order chi connectivity index (χ1) is 10.1. The SMILES string of the molecule is CCNC(Cc1ccccc1F)Cc1ccc(Br)cc1F. The van der Waals surface area contributed by atoms with Gasteiger partial charge in [0.2, 0.25) is 0 Å². The molecule has 21 heavy (non-hydrogen) atoms. The fourth-order valence-corrected chi connectivity index (χ4v) is 2.72. The van der Waals surface area contributed by atoms with E-state index >= 15 is 0 Å². The molecule has 0 amide bonds. The Kier molecular flexibility index (Phi) is 5.88. The van der Waals surface area contributed by atoms with Gasteiger partial charge < -0.3 is 5.32 Å². The summed E-state index contributed by atoms with van der Waals surface area (Å²) in [7, 11) is 0. The lowest BCUT2D eigenvalue weighted by Gasteiger charge is -2.19. The zero-order valence-electron chi connectivity index (χ0n) is 11.9. The van der Waals surface area contributed by atoms with Crippen LogP contribution in [0.3, 0.4) is 0 Å². The van der Waals surface area contributed by atoms with Gasteiger partial charge in [-0.05, 0) is 48.7 Å². The first kappa shape index (κ1) is 16.1. The van der Waals surface area contributed by atoms with Crippen LogP contribution in [0, 0.1) is 11.6 Å². The molecular weight excluding hydrogens is 336 g/mol. The highest BCUT2D eigenvalue weighted by Gasteiger charge is 2.14. The molecule has 1 N–H and O–H groups in total. The van der Waals surface area contributed by atoms with Crippen LogP contribution in [0.25, 0.3) is 0 Å². The van der Waals surface area contributed by atoms with Crippen LogP contribution in [-0.2, 0) is 12.8 Å². The van der Waals surface area contributed by atoms with E-state index in [1.807, 2.05) is 19.1 Å². The molecule has 1 atom stereocenters. The summed E-state index contributed by atoms with van der Waals surface area (Å²) in [6.45, 7) is 2.75. The molecule has 0 fully saturated rings. The molecule has 0 bridgehead atoms. The standard InChI is InChI=1S/C17H18BrF2N/c1-2-21-15(9-12-5-3-4-6-16(12)19)10-13-7-8-14(18)11-17(13)20/h3-8,11,15,21H,2,9-10H2,1H3. The lowest BCUT2D eigenvalue weighted by molar-refractivity contribution is 0.494. The van der Waals surface area contributed by atoms with E-state index in [1.54, 1.807) is 18.2 Å². The summed E-state index contributed by atoms with van der Waals surface area (Å²) in [6, 6.07) is 11.8. The minimum Gasteiger partial charge on any atom is -0.314 e. The minimum atomic E-state index is -0.235. The zero-order chi connectivity index (χ0) is 15.2. The van der Waals surface area contributed by atoms with Crippen LogP contribution < -0.4 is 5.32 Å². The monoisotopic (exact) mass is 353 g/mol. The van der Waals surface area contributed by atoms with Crippen molar-refractivity contribution < 1.29 is 8.78 Å². The maximum absolute atomic E-state index is 13.9. The number of hydrogen-bond donors (Lipinski definition) is 1. The topological polar surface area (TPSA) is 12.0 Å². The Bertz CT molecular complexity index is 601. The highest BCUT2D eigenvalue weighted by atomic mass is 79.9. The van der Waals surface area contributed by atoms with Crippen molar-refractivity contribution in [1.29, 1.82) is 0 Å². The zero-order valence-corrected chi connectivity index (χ0v) is 13.5. The van der Waals surface area contributed by atoms with Gasteiger partial charge in [0.15, 0.2) is 0 Å². The quantitative estimate of drug-likeness (QED) is 0.806. The average molecular weight is 354 g/mol. The second-order valence-corrected chi connectivity index (χ2v) is 5.91. The van der Waals surface area contributed by atoms with E-state index in [0.29, 0.717) is 24.0 Å². The van der Waals surface area contributed by atoms with E-state index in [0.717, 1.165) is 11.0 Å². The Balaban J connectivity index is 2.14. The van der Waals surface area contributed by atoms with Crippen molar-refractivity contribution in [3.8, 4) is 0 Å². The van der Waals surface area contributed by atoms with Crippen LogP contribution in [-0.4, -0.2) is 12.6 Å². The van der Waals surface area contributed by atoms with Crippen LogP contribution in [0.15, 0.2) is 46.9 Å². The number of hydrogen-bond acceptors (Lipinski definition) is 1. The van der Waals surface area contributed by atoms with E-state index in [1.165, 1.54) is 12.1 Å². The highest BCUT2D eigenvalue weighted by molar-refractivity contribution is 9.10. The van der Waals surface area contributed by atoms with Gasteiger partial charge >= 0.3 is 0 Å². The fourth-order valence-electron chi connectivity index (χ4n) is 2.39. The summed E-state index contributed by atoms with van der Waals surface area (Å²) >= 11 is 3.25. The first-order valence-electron chi connectivity index (χ1n) is 7.01. The molecule has 0 spiro atoms. The third kappa shape index (κ3) is 4.61. The molecule has 0 aromatic heterocycles. The summed E-state index contributed by atoms with van der Waals surface area (Å²) in [5.41, 5.74) is 1.29. The summed E-state index contributed by atoms with van der Waals surface area (Å²) < 4.78 is 28.4. The summed E-state index contributed by atoms with van der Waals surface area (Å²) in [4.78, 5) is 0. The van der Waals surface area contributed by atoms with Gasteiger partial charge in [0, 0.05) is 10.5 Å². The molecule has 0 aliphatic carbocycles. The van der Waals surface area contributed by atoms with Crippen molar-refractivity contribution in [3.05, 3.63) is 69.7 Å². The minimum absolute atomic E-state index is 0.00238. The number of rotatable bonds is 6. The Morgan fingerprint density at radius 1 is 1.00 bits per heavy atom. The molecule has 2 rings (SSSR count). The molecule has 1 unspecified atom stereocenters. The van der Waals surface area contributed by atoms with Gasteiger partial charge in [0.1, 0.15) is 11.6 Å². The average Bonchev–Trinajstić information content (AvgIpc) is 2.44. The third-order valence-electron chi connectivity index (χ3n) is 3.40. The van der Waals surface area contributed by atoms with Gasteiger partial charge in [-0.15, -0.1) is 0 Å². The van der Waals surface area contributed by atoms with E-state index in [-0.39, 0.29) is 17.7 Å². The van der Waals surface area contributed by atoms with Crippen LogP contribution in [0.1, 0.15) is 18.1 Å². The second kappa shape index (κ2) is 7.66. The van der Waals surface area contributed by atoms with E-state index in [2.05, 4.69) is 21.2 Å². The van der Waals surface area contributed by atoms with Gasteiger partial charge in [-0.3, -0.25) is 0 Å². The van der Waals surface area contributed by atoms with Gasteiger partial charge in [0.05, 0.1) is 0 Å². The molecule has 0 heterocycles. The molecule has 1 nitrogen and oxygen atoms in total. The third-order valence-corrected chi connectivity index (χ3v) is 3.89. The molecule has 0 saturated carbocycles. The summed E-state index contributed by atoms with van der Waals surface area (Å²) in [5.74, 6) is -0.447. The molecule has 0 saturated heterocycles. The van der Waals surface area contributed by atoms with Crippen LogP contribution in [0.2, 0.25) is 0 Å². The predicted molar refractivity (Wildman–Crippen MR) is 85.4 cm³/mol. The Morgan fingerprint density at radius 3 is 2.29 bits per heavy atom. The van der Waals surface area contributed by atoms with Gasteiger partial charge in [-0.2, -0.15) is 0 Å². The lowest BCUT2D eigenvalue weighted by Crippen LogP contribution is -2.33. The number of benzene rings is 2.